The molecular formula is C26H32F2N4O4S. The number of hydrogen-bond donors (Lipinski definition) is 1. The van der Waals surface area contributed by atoms with Crippen LogP contribution in [0.2, 0.25) is 0 Å². The van der Waals surface area contributed by atoms with Crippen molar-refractivity contribution in [3.05, 3.63) is 77.2 Å². The van der Waals surface area contributed by atoms with Crippen molar-refractivity contribution in [3.63, 3.8) is 0 Å². The molecule has 11 heteroatoms. The molecule has 0 aliphatic carbocycles. The lowest BCUT2D eigenvalue weighted by Gasteiger charge is -2.38. The lowest BCUT2D eigenvalue weighted by atomic mass is 9.73. The molecule has 2 fully saturated rings. The molecule has 2 aromatic rings. The lowest BCUT2D eigenvalue weighted by Crippen LogP contribution is -2.48. The van der Waals surface area contributed by atoms with Crippen molar-refractivity contribution in [1.29, 1.82) is 0 Å². The number of nitrogens with zero attached hydrogens (tertiary/aromatic N) is 3. The number of hydrogen-bond acceptors (Lipinski definition) is 7. The van der Waals surface area contributed by atoms with Gasteiger partial charge in [-0.25, -0.2) is 17.2 Å². The summed E-state index contributed by atoms with van der Waals surface area (Å²) in [4.78, 5) is 0. The number of benzene rings is 1. The molecule has 37 heavy (non-hydrogen) atoms. The van der Waals surface area contributed by atoms with E-state index in [4.69, 9.17) is 14.9 Å². The highest BCUT2D eigenvalue weighted by Crippen LogP contribution is 2.43. The quantitative estimate of drug-likeness (QED) is 0.524. The van der Waals surface area contributed by atoms with E-state index < -0.39 is 32.3 Å². The Morgan fingerprint density at radius 1 is 1.24 bits per heavy atom. The van der Waals surface area contributed by atoms with Crippen LogP contribution in [0.25, 0.3) is 0 Å². The monoisotopic (exact) mass is 534 g/mol. The second-order valence-electron chi connectivity index (χ2n) is 9.47. The Bertz CT molecular complexity index is 1320. The van der Waals surface area contributed by atoms with Crippen molar-refractivity contribution in [1.82, 2.24) is 14.5 Å². The molecule has 0 bridgehead atoms. The smallest absolute Gasteiger partial charge is 0.312 e. The Hall–Kier alpha value is -2.89. The average Bonchev–Trinajstić information content (AvgIpc) is 3.32. The minimum Gasteiger partial charge on any atom is -0.407 e. The first-order valence-electron chi connectivity index (χ1n) is 12.3. The average molecular weight is 535 g/mol. The van der Waals surface area contributed by atoms with E-state index in [9.17, 15) is 8.42 Å². The summed E-state index contributed by atoms with van der Waals surface area (Å²) < 4.78 is 70.5. The van der Waals surface area contributed by atoms with E-state index in [0.717, 1.165) is 12.1 Å². The fraction of sp³-hybridized carbons (Fsp3) is 0.462. The van der Waals surface area contributed by atoms with Gasteiger partial charge in [0.2, 0.25) is 15.9 Å². The Morgan fingerprint density at radius 2 is 1.97 bits per heavy atom. The predicted molar refractivity (Wildman–Crippen MR) is 136 cm³/mol. The van der Waals surface area contributed by atoms with Gasteiger partial charge in [-0.05, 0) is 57.2 Å². The third-order valence-corrected chi connectivity index (χ3v) is 9.66. The molecule has 0 radical (unpaired) electrons. The minimum absolute atomic E-state index is 0.0522. The molecule has 200 valence electrons. The minimum atomic E-state index is -3.86. The zero-order valence-corrected chi connectivity index (χ0v) is 21.8. The van der Waals surface area contributed by atoms with Crippen LogP contribution in [-0.2, 0) is 26.7 Å². The summed E-state index contributed by atoms with van der Waals surface area (Å²) in [6, 6.07) is 1.63. The van der Waals surface area contributed by atoms with Crippen molar-refractivity contribution in [2.75, 3.05) is 18.9 Å². The highest BCUT2D eigenvalue weighted by atomic mass is 32.2. The predicted octanol–water partition coefficient (Wildman–Crippen LogP) is 4.40. The molecule has 0 amide bonds. The molecule has 2 aliphatic heterocycles. The van der Waals surface area contributed by atoms with E-state index in [-0.39, 0.29) is 35.6 Å². The molecular weight excluding hydrogens is 502 g/mol. The highest BCUT2D eigenvalue weighted by molar-refractivity contribution is 7.90. The molecule has 3 heterocycles. The zero-order chi connectivity index (χ0) is 26.8. The van der Waals surface area contributed by atoms with E-state index in [0.29, 0.717) is 44.5 Å². The van der Waals surface area contributed by atoms with Crippen LogP contribution in [0.15, 0.2) is 53.0 Å². The second-order valence-corrected chi connectivity index (χ2v) is 11.5. The summed E-state index contributed by atoms with van der Waals surface area (Å²) in [5, 5.41) is 6.85. The standard InChI is InChI=1S/C26H32F2N4O4S/c1-4-6-7-18(5-2)23-9-8-17(3)32(37(23,33)34)16-19-14-22(28)20(15-21(19)27)26(10-12-35-13-11-26)24-30-31-25(29)36-24/h4-7,14-15,17,23H,2,8-13,16H2,1,3H3,(H2,29,31)/b6-4-,18-7+/t17-,23+/m0/s1. The maximum Gasteiger partial charge on any atom is 0.312 e. The van der Waals surface area contributed by atoms with E-state index in [1.807, 2.05) is 6.92 Å². The topological polar surface area (TPSA) is 112 Å². The van der Waals surface area contributed by atoms with Crippen molar-refractivity contribution in [3.8, 4) is 0 Å². The first-order chi connectivity index (χ1) is 17.6. The van der Waals surface area contributed by atoms with Crippen molar-refractivity contribution in [2.45, 2.75) is 62.8 Å². The molecule has 1 aromatic carbocycles. The number of anilines is 1. The maximum atomic E-state index is 15.7. The molecule has 1 aromatic heterocycles. The third-order valence-electron chi connectivity index (χ3n) is 7.29. The number of rotatable bonds is 7. The Kier molecular flexibility index (Phi) is 7.96. The molecule has 0 unspecified atom stereocenters. The van der Waals surface area contributed by atoms with E-state index in [2.05, 4.69) is 16.8 Å². The summed E-state index contributed by atoms with van der Waals surface area (Å²) in [5.74, 6) is -1.31. The van der Waals surface area contributed by atoms with Crippen molar-refractivity contribution >= 4 is 16.0 Å². The van der Waals surface area contributed by atoms with Gasteiger partial charge in [-0.3, -0.25) is 0 Å². The Labute approximate surface area is 215 Å². The Morgan fingerprint density at radius 3 is 2.59 bits per heavy atom. The maximum absolute atomic E-state index is 15.7. The van der Waals surface area contributed by atoms with Crippen molar-refractivity contribution < 1.29 is 26.4 Å². The van der Waals surface area contributed by atoms with Crippen LogP contribution in [0.4, 0.5) is 14.8 Å². The SMILES string of the molecule is C=C/C(=C\C=C/C)[C@H]1CC[C@H](C)N(Cc2cc(F)c(C3(c4nnc(N)o4)CCOCC3)cc2F)S1(=O)=O. The number of nitrogen functional groups attached to an aromatic ring is 1. The summed E-state index contributed by atoms with van der Waals surface area (Å²) in [6.07, 6.45) is 8.40. The van der Waals surface area contributed by atoms with Gasteiger partial charge >= 0.3 is 6.01 Å². The summed E-state index contributed by atoms with van der Waals surface area (Å²) in [6.45, 7) is 7.67. The number of allylic oxidation sites excluding steroid dienone is 4. The van der Waals surface area contributed by atoms with Crippen LogP contribution in [0.1, 0.15) is 56.5 Å². The normalized spacial score (nSPS) is 24.4. The van der Waals surface area contributed by atoms with Crippen LogP contribution >= 0.6 is 0 Å². The largest absolute Gasteiger partial charge is 0.407 e. The number of halogens is 2. The summed E-state index contributed by atoms with van der Waals surface area (Å²) >= 11 is 0. The molecule has 0 saturated carbocycles. The van der Waals surface area contributed by atoms with Crippen molar-refractivity contribution in [2.24, 2.45) is 0 Å². The van der Waals surface area contributed by atoms with Crippen LogP contribution in [0.5, 0.6) is 0 Å². The van der Waals surface area contributed by atoms with Gasteiger partial charge in [-0.1, -0.05) is 36.0 Å². The molecule has 2 atom stereocenters. The zero-order valence-electron chi connectivity index (χ0n) is 21.0. The summed E-state index contributed by atoms with van der Waals surface area (Å²) in [7, 11) is -3.86. The lowest BCUT2D eigenvalue weighted by molar-refractivity contribution is 0.0534. The first kappa shape index (κ1) is 27.2. The third kappa shape index (κ3) is 5.12. The molecule has 2 N–H and O–H groups in total. The molecule has 8 nitrogen and oxygen atoms in total. The van der Waals surface area contributed by atoms with Gasteiger partial charge in [0, 0.05) is 36.9 Å². The van der Waals surface area contributed by atoms with Gasteiger partial charge in [0.05, 0.1) is 5.41 Å². The first-order valence-corrected chi connectivity index (χ1v) is 13.8. The van der Waals surface area contributed by atoms with Gasteiger partial charge in [0.25, 0.3) is 0 Å². The van der Waals surface area contributed by atoms with Gasteiger partial charge in [0.1, 0.15) is 16.9 Å². The van der Waals surface area contributed by atoms with Crippen LogP contribution in [0.3, 0.4) is 0 Å². The van der Waals surface area contributed by atoms with E-state index in [1.54, 1.807) is 25.2 Å². The molecule has 0 spiro atoms. The van der Waals surface area contributed by atoms with Crippen LogP contribution in [-0.4, -0.2) is 47.4 Å². The van der Waals surface area contributed by atoms with Gasteiger partial charge in [-0.2, -0.15) is 4.31 Å². The van der Waals surface area contributed by atoms with Gasteiger partial charge in [0.15, 0.2) is 0 Å². The van der Waals surface area contributed by atoms with E-state index in [1.165, 1.54) is 10.4 Å². The van der Waals surface area contributed by atoms with Crippen LogP contribution < -0.4 is 5.73 Å². The number of ether oxygens (including phenoxy) is 1. The second kappa shape index (κ2) is 10.8. The Balaban J connectivity index is 1.70. The number of aromatic nitrogens is 2. The fourth-order valence-electron chi connectivity index (χ4n) is 5.19. The summed E-state index contributed by atoms with van der Waals surface area (Å²) in [5.41, 5.74) is 5.08. The van der Waals surface area contributed by atoms with Crippen LogP contribution in [0, 0.1) is 11.6 Å². The van der Waals surface area contributed by atoms with Gasteiger partial charge < -0.3 is 14.9 Å². The van der Waals surface area contributed by atoms with E-state index >= 15 is 8.78 Å². The van der Waals surface area contributed by atoms with Gasteiger partial charge in [-0.15, -0.1) is 5.10 Å². The molecule has 2 aliphatic rings. The number of nitrogens with two attached hydrogens (primary N) is 1. The molecule has 2 saturated heterocycles. The molecule has 4 rings (SSSR count). The highest BCUT2D eigenvalue weighted by Gasteiger charge is 2.45. The number of sulfonamides is 1. The fourth-order valence-corrected chi connectivity index (χ4v) is 7.39.